The summed E-state index contributed by atoms with van der Waals surface area (Å²) in [5, 5.41) is 8.65. The van der Waals surface area contributed by atoms with Crippen molar-refractivity contribution in [3.05, 3.63) is 53.9 Å². The zero-order valence-corrected chi connectivity index (χ0v) is 12.2. The lowest BCUT2D eigenvalue weighted by atomic mass is 10.3. The summed E-state index contributed by atoms with van der Waals surface area (Å²) in [6.07, 6.45) is 0. The van der Waals surface area contributed by atoms with E-state index in [4.69, 9.17) is 4.74 Å². The molecule has 3 aromatic rings. The van der Waals surface area contributed by atoms with Gasteiger partial charge in [-0.2, -0.15) is 0 Å². The second-order valence-corrected chi connectivity index (χ2v) is 4.78. The summed E-state index contributed by atoms with van der Waals surface area (Å²) >= 11 is 0. The Morgan fingerprint density at radius 2 is 1.76 bits per heavy atom. The zero-order valence-electron chi connectivity index (χ0n) is 12.2. The summed E-state index contributed by atoms with van der Waals surface area (Å²) in [5.41, 5.74) is 3.60. The first-order valence-corrected chi connectivity index (χ1v) is 6.69. The van der Waals surface area contributed by atoms with Crippen LogP contribution in [0.25, 0.3) is 5.65 Å². The number of pyridine rings is 1. The number of hydrogen-bond donors (Lipinski definition) is 0. The van der Waals surface area contributed by atoms with Crippen molar-refractivity contribution in [2.75, 3.05) is 7.11 Å². The third-order valence-corrected chi connectivity index (χ3v) is 3.31. The maximum atomic E-state index is 5.13. The van der Waals surface area contributed by atoms with Gasteiger partial charge in [0, 0.05) is 5.69 Å². The summed E-state index contributed by atoms with van der Waals surface area (Å²) in [6.45, 7) is 3.97. The van der Waals surface area contributed by atoms with E-state index in [1.165, 1.54) is 0 Å². The van der Waals surface area contributed by atoms with E-state index in [9.17, 15) is 0 Å². The van der Waals surface area contributed by atoms with Gasteiger partial charge in [0.15, 0.2) is 5.82 Å². The lowest BCUT2D eigenvalue weighted by Gasteiger charge is -2.01. The predicted octanol–water partition coefficient (Wildman–Crippen LogP) is 4.38. The van der Waals surface area contributed by atoms with E-state index >= 15 is 0 Å². The van der Waals surface area contributed by atoms with Crippen LogP contribution in [0, 0.1) is 13.8 Å². The number of azo groups is 1. The zero-order chi connectivity index (χ0) is 14.8. The van der Waals surface area contributed by atoms with Crippen molar-refractivity contribution in [1.29, 1.82) is 0 Å². The molecule has 0 radical (unpaired) electrons. The van der Waals surface area contributed by atoms with Crippen LogP contribution in [0.5, 0.6) is 5.75 Å². The van der Waals surface area contributed by atoms with E-state index in [1.807, 2.05) is 60.7 Å². The highest BCUT2D eigenvalue weighted by Gasteiger charge is 2.09. The number of benzene rings is 1. The average Bonchev–Trinajstić information content (AvgIpc) is 2.82. The monoisotopic (exact) mass is 280 g/mol. The summed E-state index contributed by atoms with van der Waals surface area (Å²) in [5.74, 6) is 1.56. The fourth-order valence-corrected chi connectivity index (χ4v) is 2.22. The van der Waals surface area contributed by atoms with Crippen LogP contribution in [0.15, 0.2) is 52.7 Å². The summed E-state index contributed by atoms with van der Waals surface area (Å²) in [6, 6.07) is 13.4. The van der Waals surface area contributed by atoms with Crippen LogP contribution in [0.2, 0.25) is 0 Å². The van der Waals surface area contributed by atoms with E-state index in [1.54, 1.807) is 7.11 Å². The van der Waals surface area contributed by atoms with Gasteiger partial charge in [0.2, 0.25) is 0 Å². The van der Waals surface area contributed by atoms with Crippen LogP contribution in [0.1, 0.15) is 11.4 Å². The second-order valence-electron chi connectivity index (χ2n) is 4.78. The third kappa shape index (κ3) is 2.50. The maximum absolute atomic E-state index is 5.13. The molecule has 3 rings (SSSR count). The Labute approximate surface area is 122 Å². The minimum absolute atomic E-state index is 0.763. The molecule has 2 aromatic heterocycles. The fourth-order valence-electron chi connectivity index (χ4n) is 2.22. The second kappa shape index (κ2) is 5.36. The van der Waals surface area contributed by atoms with E-state index in [-0.39, 0.29) is 0 Å². The van der Waals surface area contributed by atoms with Gasteiger partial charge in [-0.05, 0) is 50.2 Å². The number of rotatable bonds is 3. The molecule has 0 saturated carbocycles. The van der Waals surface area contributed by atoms with E-state index in [0.717, 1.165) is 34.3 Å². The Hall–Kier alpha value is -2.69. The van der Waals surface area contributed by atoms with Gasteiger partial charge < -0.3 is 4.74 Å². The van der Waals surface area contributed by atoms with Crippen molar-refractivity contribution >= 4 is 17.2 Å². The largest absolute Gasteiger partial charge is 0.497 e. The Morgan fingerprint density at radius 3 is 2.48 bits per heavy atom. The van der Waals surface area contributed by atoms with Crippen LogP contribution < -0.4 is 4.74 Å². The van der Waals surface area contributed by atoms with Crippen molar-refractivity contribution in [1.82, 2.24) is 9.38 Å². The molecule has 0 unspecified atom stereocenters. The van der Waals surface area contributed by atoms with Crippen molar-refractivity contribution in [3.63, 3.8) is 0 Å². The lowest BCUT2D eigenvalue weighted by molar-refractivity contribution is 0.415. The van der Waals surface area contributed by atoms with Crippen molar-refractivity contribution in [2.24, 2.45) is 10.2 Å². The number of fused-ring (bicyclic) bond motifs is 1. The van der Waals surface area contributed by atoms with E-state index in [2.05, 4.69) is 15.2 Å². The minimum Gasteiger partial charge on any atom is -0.497 e. The molecule has 0 fully saturated rings. The summed E-state index contributed by atoms with van der Waals surface area (Å²) < 4.78 is 7.13. The first kappa shape index (κ1) is 13.3. The quantitative estimate of drug-likeness (QED) is 0.669. The molecule has 5 heteroatoms. The predicted molar refractivity (Wildman–Crippen MR) is 81.8 cm³/mol. The van der Waals surface area contributed by atoms with Crippen molar-refractivity contribution < 1.29 is 4.74 Å². The third-order valence-electron chi connectivity index (χ3n) is 3.31. The van der Waals surface area contributed by atoms with E-state index in [0.29, 0.717) is 0 Å². The number of imidazole rings is 1. The van der Waals surface area contributed by atoms with Gasteiger partial charge in [-0.3, -0.25) is 4.40 Å². The molecule has 2 heterocycles. The molecule has 0 aliphatic carbocycles. The number of nitrogens with zero attached hydrogens (tertiary/aromatic N) is 4. The molecule has 0 aliphatic rings. The molecule has 0 N–H and O–H groups in total. The Kier molecular flexibility index (Phi) is 3.39. The fraction of sp³-hybridized carbons (Fsp3) is 0.188. The molecule has 106 valence electrons. The molecule has 0 amide bonds. The van der Waals surface area contributed by atoms with Crippen LogP contribution >= 0.6 is 0 Å². The average molecular weight is 280 g/mol. The van der Waals surface area contributed by atoms with Crippen molar-refractivity contribution in [2.45, 2.75) is 13.8 Å². The molecule has 1 aromatic carbocycles. The summed E-state index contributed by atoms with van der Waals surface area (Å²) in [7, 11) is 1.64. The van der Waals surface area contributed by atoms with Gasteiger partial charge in [0.25, 0.3) is 0 Å². The highest BCUT2D eigenvalue weighted by molar-refractivity contribution is 5.53. The van der Waals surface area contributed by atoms with Crippen LogP contribution in [0.4, 0.5) is 11.5 Å². The molecule has 0 saturated heterocycles. The van der Waals surface area contributed by atoms with Gasteiger partial charge >= 0.3 is 0 Å². The van der Waals surface area contributed by atoms with Crippen LogP contribution in [-0.2, 0) is 0 Å². The van der Waals surface area contributed by atoms with Gasteiger partial charge in [-0.25, -0.2) is 4.98 Å². The van der Waals surface area contributed by atoms with Crippen LogP contribution in [-0.4, -0.2) is 16.5 Å². The number of aromatic nitrogens is 2. The molecular weight excluding hydrogens is 264 g/mol. The van der Waals surface area contributed by atoms with Gasteiger partial charge in [-0.15, -0.1) is 10.2 Å². The number of ether oxygens (including phenoxy) is 1. The Bertz CT molecular complexity index is 803. The normalized spacial score (nSPS) is 11.4. The van der Waals surface area contributed by atoms with E-state index < -0.39 is 0 Å². The van der Waals surface area contributed by atoms with Gasteiger partial charge in [0.05, 0.1) is 18.5 Å². The molecule has 0 spiro atoms. The van der Waals surface area contributed by atoms with Crippen molar-refractivity contribution in [3.8, 4) is 5.75 Å². The molecule has 21 heavy (non-hydrogen) atoms. The smallest absolute Gasteiger partial charge is 0.182 e. The standard InChI is InChI=1S/C16H16N4O/c1-11-5-4-6-15-17-12(2)16(20(11)15)19-18-13-7-9-14(21-3)10-8-13/h4-10H,1-3H3. The van der Waals surface area contributed by atoms with Gasteiger partial charge in [0.1, 0.15) is 11.4 Å². The molecule has 5 nitrogen and oxygen atoms in total. The molecule has 0 atom stereocenters. The lowest BCUT2D eigenvalue weighted by Crippen LogP contribution is -1.88. The Morgan fingerprint density at radius 1 is 1.00 bits per heavy atom. The molecular formula is C16H16N4O. The Balaban J connectivity index is 2.00. The number of methoxy groups -OCH3 is 1. The highest BCUT2D eigenvalue weighted by atomic mass is 16.5. The first-order chi connectivity index (χ1) is 10.2. The number of aryl methyl sites for hydroxylation is 2. The SMILES string of the molecule is COc1ccc(N=Nc2c(C)nc3cccc(C)n23)cc1. The maximum Gasteiger partial charge on any atom is 0.182 e. The summed E-state index contributed by atoms with van der Waals surface area (Å²) in [4.78, 5) is 4.50. The molecule has 0 aliphatic heterocycles. The molecule has 0 bridgehead atoms. The minimum atomic E-state index is 0.763. The topological polar surface area (TPSA) is 51.2 Å². The van der Waals surface area contributed by atoms with Crippen LogP contribution in [0.3, 0.4) is 0 Å². The highest BCUT2D eigenvalue weighted by Crippen LogP contribution is 2.25. The van der Waals surface area contributed by atoms with Gasteiger partial charge in [-0.1, -0.05) is 6.07 Å². The number of hydrogen-bond acceptors (Lipinski definition) is 4. The first-order valence-electron chi connectivity index (χ1n) is 6.69.